The lowest BCUT2D eigenvalue weighted by Crippen LogP contribution is -1.99. The summed E-state index contributed by atoms with van der Waals surface area (Å²) in [6.45, 7) is -0.189. The van der Waals surface area contributed by atoms with Gasteiger partial charge in [0.1, 0.15) is 24.0 Å². The largest absolute Gasteiger partial charge is 0.489 e. The van der Waals surface area contributed by atoms with Crippen molar-refractivity contribution in [2.45, 2.75) is 6.61 Å². The van der Waals surface area contributed by atoms with Crippen LogP contribution in [-0.2, 0) is 6.61 Å². The van der Waals surface area contributed by atoms with E-state index in [1.54, 1.807) is 0 Å². The van der Waals surface area contributed by atoms with Crippen molar-refractivity contribution in [1.29, 1.82) is 0 Å². The van der Waals surface area contributed by atoms with Crippen molar-refractivity contribution >= 4 is 5.69 Å². The van der Waals surface area contributed by atoms with Gasteiger partial charge in [0.25, 0.3) is 0 Å². The molecule has 0 radical (unpaired) electrons. The molecule has 0 aromatic heterocycles. The average Bonchev–Trinajstić information content (AvgIpc) is 2.35. The van der Waals surface area contributed by atoms with E-state index in [0.717, 1.165) is 30.3 Å². The number of nitro groups is 1. The summed E-state index contributed by atoms with van der Waals surface area (Å²) in [6, 6.07) is 5.87. The lowest BCUT2D eigenvalue weighted by molar-refractivity contribution is -0.387. The van der Waals surface area contributed by atoms with Crippen LogP contribution in [0.4, 0.5) is 18.9 Å². The summed E-state index contributed by atoms with van der Waals surface area (Å²) in [4.78, 5) is 9.57. The van der Waals surface area contributed by atoms with Crippen LogP contribution in [0.2, 0.25) is 0 Å². The summed E-state index contributed by atoms with van der Waals surface area (Å²) in [5.41, 5.74) is -0.449. The van der Waals surface area contributed by atoms with Crippen LogP contribution in [0.25, 0.3) is 0 Å². The molecule has 0 aliphatic rings. The molecule has 0 bridgehead atoms. The predicted molar refractivity (Wildman–Crippen MR) is 63.7 cm³/mol. The zero-order valence-corrected chi connectivity index (χ0v) is 9.98. The highest BCUT2D eigenvalue weighted by atomic mass is 19.1. The normalized spacial score (nSPS) is 10.3. The minimum absolute atomic E-state index is 0.0257. The number of hydrogen-bond donors (Lipinski definition) is 0. The minimum Gasteiger partial charge on any atom is -0.489 e. The van der Waals surface area contributed by atoms with Crippen LogP contribution in [0, 0.1) is 27.6 Å². The van der Waals surface area contributed by atoms with Crippen molar-refractivity contribution in [3.63, 3.8) is 0 Å². The van der Waals surface area contributed by atoms with Crippen molar-refractivity contribution in [3.8, 4) is 5.75 Å². The van der Waals surface area contributed by atoms with Crippen molar-refractivity contribution in [2.75, 3.05) is 0 Å². The van der Waals surface area contributed by atoms with Gasteiger partial charge in [-0.2, -0.15) is 4.39 Å². The highest BCUT2D eigenvalue weighted by Gasteiger charge is 2.14. The molecule has 2 aromatic rings. The van der Waals surface area contributed by atoms with E-state index in [2.05, 4.69) is 0 Å². The number of rotatable bonds is 4. The molecule has 0 atom stereocenters. The highest BCUT2D eigenvalue weighted by molar-refractivity contribution is 5.38. The van der Waals surface area contributed by atoms with E-state index in [9.17, 15) is 23.3 Å². The molecule has 0 unspecified atom stereocenters. The molecule has 7 heteroatoms. The van der Waals surface area contributed by atoms with Gasteiger partial charge in [0, 0.05) is 18.2 Å². The lowest BCUT2D eigenvalue weighted by atomic mass is 10.2. The number of nitrogens with zero attached hydrogens (tertiary/aromatic N) is 1. The van der Waals surface area contributed by atoms with Gasteiger partial charge in [-0.1, -0.05) is 0 Å². The molecule has 2 rings (SSSR count). The molecule has 0 aliphatic carbocycles. The lowest BCUT2D eigenvalue weighted by Gasteiger charge is -2.06. The number of hydrogen-bond acceptors (Lipinski definition) is 3. The third-order valence-corrected chi connectivity index (χ3v) is 2.44. The maximum atomic E-state index is 13.3. The molecular formula is C13H8F3NO3. The average molecular weight is 283 g/mol. The smallest absolute Gasteiger partial charge is 0.305 e. The van der Waals surface area contributed by atoms with Crippen LogP contribution in [0.3, 0.4) is 0 Å². The third-order valence-electron chi connectivity index (χ3n) is 2.44. The standard InChI is InChI=1S/C13H8F3NO3/c14-9-3-8(4-10(15)5-9)7-20-11-1-2-13(17(18)19)12(16)6-11/h1-6H,7H2. The number of nitro benzene ring substituents is 1. The van der Waals surface area contributed by atoms with Gasteiger partial charge in [0.2, 0.25) is 5.82 Å². The fraction of sp³-hybridized carbons (Fsp3) is 0.0769. The highest BCUT2D eigenvalue weighted by Crippen LogP contribution is 2.23. The Labute approximate surface area is 111 Å². The van der Waals surface area contributed by atoms with Crippen LogP contribution < -0.4 is 4.74 Å². The Morgan fingerprint density at radius 3 is 2.25 bits per heavy atom. The van der Waals surface area contributed by atoms with Crippen molar-refractivity contribution in [1.82, 2.24) is 0 Å². The maximum absolute atomic E-state index is 13.3. The first kappa shape index (κ1) is 13.9. The van der Waals surface area contributed by atoms with E-state index in [4.69, 9.17) is 4.74 Å². The third kappa shape index (κ3) is 3.25. The van der Waals surface area contributed by atoms with E-state index in [0.29, 0.717) is 0 Å². The van der Waals surface area contributed by atoms with Gasteiger partial charge >= 0.3 is 5.69 Å². The molecule has 4 nitrogen and oxygen atoms in total. The second-order valence-electron chi connectivity index (χ2n) is 3.94. The summed E-state index contributed by atoms with van der Waals surface area (Å²) in [7, 11) is 0. The van der Waals surface area contributed by atoms with E-state index >= 15 is 0 Å². The van der Waals surface area contributed by atoms with Crippen LogP contribution in [-0.4, -0.2) is 4.92 Å². The first-order valence-electron chi connectivity index (χ1n) is 5.47. The molecule has 20 heavy (non-hydrogen) atoms. The van der Waals surface area contributed by atoms with Crippen LogP contribution in [0.1, 0.15) is 5.56 Å². The van der Waals surface area contributed by atoms with Gasteiger partial charge < -0.3 is 4.74 Å². The predicted octanol–water partition coefficient (Wildman–Crippen LogP) is 3.59. The summed E-state index contributed by atoms with van der Waals surface area (Å²) >= 11 is 0. The summed E-state index contributed by atoms with van der Waals surface area (Å²) in [5, 5.41) is 10.4. The topological polar surface area (TPSA) is 52.4 Å². The Hall–Kier alpha value is -2.57. The quantitative estimate of drug-likeness (QED) is 0.636. The molecule has 0 amide bonds. The SMILES string of the molecule is O=[N+]([O-])c1ccc(OCc2cc(F)cc(F)c2)cc1F. The van der Waals surface area contributed by atoms with E-state index in [-0.39, 0.29) is 17.9 Å². The zero-order chi connectivity index (χ0) is 14.7. The first-order chi connectivity index (χ1) is 9.45. The number of halogens is 3. The van der Waals surface area contributed by atoms with E-state index in [1.807, 2.05) is 0 Å². The molecule has 104 valence electrons. The zero-order valence-electron chi connectivity index (χ0n) is 9.98. The summed E-state index contributed by atoms with van der Waals surface area (Å²) in [5.74, 6) is -2.52. The molecular weight excluding hydrogens is 275 g/mol. The number of benzene rings is 2. The fourth-order valence-electron chi connectivity index (χ4n) is 1.59. The van der Waals surface area contributed by atoms with Crippen LogP contribution in [0.15, 0.2) is 36.4 Å². The first-order valence-corrected chi connectivity index (χ1v) is 5.47. The minimum atomic E-state index is -1.04. The fourth-order valence-corrected chi connectivity index (χ4v) is 1.59. The molecule has 0 N–H and O–H groups in total. The molecule has 0 saturated heterocycles. The Kier molecular flexibility index (Phi) is 3.88. The molecule has 0 heterocycles. The molecule has 2 aromatic carbocycles. The summed E-state index contributed by atoms with van der Waals surface area (Å²) in [6.07, 6.45) is 0. The van der Waals surface area contributed by atoms with E-state index in [1.165, 1.54) is 6.07 Å². The number of ether oxygens (including phenoxy) is 1. The molecule has 0 spiro atoms. The molecule has 0 aliphatic heterocycles. The van der Waals surface area contributed by atoms with Crippen LogP contribution in [0.5, 0.6) is 5.75 Å². The maximum Gasteiger partial charge on any atom is 0.305 e. The van der Waals surface area contributed by atoms with E-state index < -0.39 is 28.1 Å². The monoisotopic (exact) mass is 283 g/mol. The van der Waals surface area contributed by atoms with Gasteiger partial charge in [-0.05, 0) is 23.8 Å². The Morgan fingerprint density at radius 2 is 1.70 bits per heavy atom. The Morgan fingerprint density at radius 1 is 1.05 bits per heavy atom. The van der Waals surface area contributed by atoms with Gasteiger partial charge in [0.15, 0.2) is 0 Å². The second kappa shape index (κ2) is 5.60. The van der Waals surface area contributed by atoms with Gasteiger partial charge in [0.05, 0.1) is 4.92 Å². The Balaban J connectivity index is 2.11. The van der Waals surface area contributed by atoms with Gasteiger partial charge in [-0.25, -0.2) is 8.78 Å². The van der Waals surface area contributed by atoms with Gasteiger partial charge in [-0.15, -0.1) is 0 Å². The molecule has 0 fully saturated rings. The molecule has 0 saturated carbocycles. The Bertz CT molecular complexity index is 641. The summed E-state index contributed by atoms with van der Waals surface area (Å²) < 4.78 is 44.3. The van der Waals surface area contributed by atoms with Crippen molar-refractivity contribution < 1.29 is 22.8 Å². The second-order valence-corrected chi connectivity index (χ2v) is 3.94. The van der Waals surface area contributed by atoms with Crippen molar-refractivity contribution in [3.05, 3.63) is 69.5 Å². The van der Waals surface area contributed by atoms with Crippen molar-refractivity contribution in [2.24, 2.45) is 0 Å². The van der Waals surface area contributed by atoms with Gasteiger partial charge in [-0.3, -0.25) is 10.1 Å². The van der Waals surface area contributed by atoms with Crippen LogP contribution >= 0.6 is 0 Å².